The molecule has 1 aliphatic carbocycles. The summed E-state index contributed by atoms with van der Waals surface area (Å²) in [5.74, 6) is -1.69. The first-order valence-corrected chi connectivity index (χ1v) is 21.2. The molecule has 0 N–H and O–H groups in total. The third-order valence-electron chi connectivity index (χ3n) is 10.6. The van der Waals surface area contributed by atoms with Gasteiger partial charge < -0.3 is 18.9 Å². The van der Waals surface area contributed by atoms with Gasteiger partial charge in [-0.2, -0.15) is 0 Å². The minimum absolute atomic E-state index is 0.140. The van der Waals surface area contributed by atoms with Gasteiger partial charge in [-0.25, -0.2) is 19.2 Å². The highest BCUT2D eigenvalue weighted by molar-refractivity contribution is 6.00. The first-order chi connectivity index (χ1) is 29.3. The number of pyridine rings is 2. The average molecular weight is 839 g/mol. The Morgan fingerprint density at radius 3 is 1.34 bits per heavy atom. The average Bonchev–Trinajstić information content (AvgIpc) is 3.24. The van der Waals surface area contributed by atoms with E-state index >= 15 is 0 Å². The summed E-state index contributed by atoms with van der Waals surface area (Å²) < 4.78 is 21.0. The number of aryl methyl sites for hydroxylation is 4. The molecule has 0 unspecified atom stereocenters. The lowest BCUT2D eigenvalue weighted by atomic mass is 9.79. The zero-order valence-electron chi connectivity index (χ0n) is 38.2. The van der Waals surface area contributed by atoms with Crippen molar-refractivity contribution in [3.8, 4) is 0 Å². The Morgan fingerprint density at radius 2 is 0.918 bits per heavy atom. The maximum atomic E-state index is 13.2. The number of esters is 4. The van der Waals surface area contributed by atoms with Crippen LogP contribution in [0, 0.1) is 34.6 Å². The zero-order chi connectivity index (χ0) is 45.1. The van der Waals surface area contributed by atoms with E-state index in [-0.39, 0.29) is 19.1 Å². The van der Waals surface area contributed by atoms with Crippen molar-refractivity contribution in [1.82, 2.24) is 19.8 Å². The Labute approximate surface area is 363 Å². The van der Waals surface area contributed by atoms with Gasteiger partial charge in [0.1, 0.15) is 13.2 Å². The number of ether oxygens (including phenoxy) is 4. The summed E-state index contributed by atoms with van der Waals surface area (Å²) >= 11 is 0. The van der Waals surface area contributed by atoms with Crippen LogP contribution in [0.25, 0.3) is 0 Å². The van der Waals surface area contributed by atoms with E-state index < -0.39 is 23.9 Å². The number of aromatic nitrogens is 2. The molecule has 0 amide bonds. The Morgan fingerprint density at radius 1 is 0.557 bits per heavy atom. The van der Waals surface area contributed by atoms with Crippen LogP contribution >= 0.6 is 0 Å². The van der Waals surface area contributed by atoms with Gasteiger partial charge in [0, 0.05) is 26.2 Å². The number of nitrogens with zero attached hydrogens (tertiary/aromatic N) is 4. The van der Waals surface area contributed by atoms with Gasteiger partial charge in [0.15, 0.2) is 0 Å². The molecular weight excluding hydrogens is 773 g/mol. The number of benzene rings is 2. The molecule has 4 aromatic rings. The third-order valence-corrected chi connectivity index (χ3v) is 10.6. The molecule has 2 aromatic heterocycles. The predicted octanol–water partition coefficient (Wildman–Crippen LogP) is 8.93. The highest BCUT2D eigenvalue weighted by Gasteiger charge is 2.32. The molecule has 12 heteroatoms. The Bertz CT molecular complexity index is 2050. The summed E-state index contributed by atoms with van der Waals surface area (Å²) in [6.45, 7) is 16.1. The molecule has 0 saturated heterocycles. The van der Waals surface area contributed by atoms with Gasteiger partial charge >= 0.3 is 23.9 Å². The van der Waals surface area contributed by atoms with Crippen LogP contribution < -0.4 is 0 Å². The number of hydrogen-bond acceptors (Lipinski definition) is 12. The van der Waals surface area contributed by atoms with Crippen molar-refractivity contribution in [3.63, 3.8) is 0 Å². The second-order valence-corrected chi connectivity index (χ2v) is 15.1. The van der Waals surface area contributed by atoms with Crippen LogP contribution in [0.15, 0.2) is 60.7 Å². The molecule has 12 nitrogen and oxygen atoms in total. The van der Waals surface area contributed by atoms with Crippen LogP contribution in [-0.4, -0.2) is 98.3 Å². The van der Waals surface area contributed by atoms with Crippen LogP contribution in [0.5, 0.6) is 0 Å². The summed E-state index contributed by atoms with van der Waals surface area (Å²) in [7, 11) is 6.65. The minimum atomic E-state index is -0.505. The van der Waals surface area contributed by atoms with Crippen molar-refractivity contribution in [1.29, 1.82) is 0 Å². The molecule has 61 heavy (non-hydrogen) atoms. The molecule has 1 fully saturated rings. The van der Waals surface area contributed by atoms with E-state index in [1.54, 1.807) is 27.7 Å². The summed E-state index contributed by atoms with van der Waals surface area (Å²) in [6.07, 6.45) is 5.26. The maximum Gasteiger partial charge on any atom is 0.340 e. The van der Waals surface area contributed by atoms with Crippen molar-refractivity contribution < 1.29 is 38.1 Å². The zero-order valence-corrected chi connectivity index (χ0v) is 38.2. The molecule has 0 atom stereocenters. The SMILES string of the molecule is CC.COC(=O)c1c(C)nc(C)c(C(=O)OCCN(C)Cc2ccccc2)c1C.COC(=O)c1c(C)nc(C)c(C(=O)OCCN(C)Cc2ccccc2)c1C1CCCCC1. The molecule has 0 spiro atoms. The molecule has 1 saturated carbocycles. The summed E-state index contributed by atoms with van der Waals surface area (Å²) in [5, 5.41) is 0. The van der Waals surface area contributed by atoms with Crippen molar-refractivity contribution >= 4 is 23.9 Å². The van der Waals surface area contributed by atoms with Gasteiger partial charge in [-0.05, 0) is 89.7 Å². The molecule has 0 radical (unpaired) electrons. The van der Waals surface area contributed by atoms with Crippen molar-refractivity contribution in [2.24, 2.45) is 0 Å². The van der Waals surface area contributed by atoms with E-state index in [4.69, 9.17) is 18.9 Å². The lowest BCUT2D eigenvalue weighted by Crippen LogP contribution is -2.26. The van der Waals surface area contributed by atoms with E-state index in [0.717, 1.165) is 44.3 Å². The fourth-order valence-electron chi connectivity index (χ4n) is 7.71. The molecule has 1 aliphatic rings. The summed E-state index contributed by atoms with van der Waals surface area (Å²) in [5.41, 5.74) is 7.52. The Hall–Kier alpha value is -5.46. The molecular formula is C49H66N4O8. The van der Waals surface area contributed by atoms with Gasteiger partial charge in [0.2, 0.25) is 0 Å². The van der Waals surface area contributed by atoms with Crippen molar-refractivity contribution in [2.75, 3.05) is 54.6 Å². The van der Waals surface area contributed by atoms with E-state index in [0.29, 0.717) is 63.7 Å². The number of methoxy groups -OCH3 is 2. The fraction of sp³-hybridized carbons (Fsp3) is 0.469. The number of carbonyl (C=O) groups is 4. The number of hydrogen-bond donors (Lipinski definition) is 0. The highest BCUT2D eigenvalue weighted by Crippen LogP contribution is 2.38. The van der Waals surface area contributed by atoms with E-state index in [9.17, 15) is 19.2 Å². The van der Waals surface area contributed by atoms with Gasteiger partial charge in [-0.15, -0.1) is 0 Å². The molecule has 330 valence electrons. The van der Waals surface area contributed by atoms with Crippen LogP contribution in [0.1, 0.15) is 138 Å². The number of carbonyl (C=O) groups excluding carboxylic acids is 4. The Balaban J connectivity index is 0.000000317. The van der Waals surface area contributed by atoms with Crippen LogP contribution in [0.4, 0.5) is 0 Å². The van der Waals surface area contributed by atoms with E-state index in [2.05, 4.69) is 44.0 Å². The second kappa shape index (κ2) is 25.3. The second-order valence-electron chi connectivity index (χ2n) is 15.1. The number of rotatable bonds is 15. The molecule has 5 rings (SSSR count). The Kier molecular flexibility index (Phi) is 20.7. The van der Waals surface area contributed by atoms with E-state index in [1.807, 2.05) is 71.3 Å². The predicted molar refractivity (Wildman–Crippen MR) is 238 cm³/mol. The topological polar surface area (TPSA) is 137 Å². The first-order valence-electron chi connectivity index (χ1n) is 21.2. The smallest absolute Gasteiger partial charge is 0.340 e. The minimum Gasteiger partial charge on any atom is -0.465 e. The largest absolute Gasteiger partial charge is 0.465 e. The fourth-order valence-corrected chi connectivity index (χ4v) is 7.71. The van der Waals surface area contributed by atoms with Gasteiger partial charge in [0.05, 0.1) is 59.2 Å². The third kappa shape index (κ3) is 14.3. The maximum absolute atomic E-state index is 13.2. The molecule has 2 heterocycles. The van der Waals surface area contributed by atoms with Gasteiger partial charge in [-0.1, -0.05) is 93.8 Å². The standard InChI is InChI=1S/C26H34N2O4.C21H26N2O4.C2H6/c1-18-22(25(29)31-4)24(21-13-9-6-10-14-21)23(19(2)27-18)26(30)32-16-15-28(3)17-20-11-7-5-8-12-20;1-14-18(20(24)26-5)15(2)22-16(3)19(14)21(25)27-12-11-23(4)13-17-9-7-6-8-10-17;1-2/h5,7-8,11-12,21H,6,9-10,13-17H2,1-4H3;6-10H,11-13H2,1-5H3;1-2H3. The summed E-state index contributed by atoms with van der Waals surface area (Å²) in [4.78, 5) is 63.4. The van der Waals surface area contributed by atoms with Crippen LogP contribution in [-0.2, 0) is 32.0 Å². The van der Waals surface area contributed by atoms with Crippen molar-refractivity contribution in [2.45, 2.75) is 99.6 Å². The molecule has 0 aliphatic heterocycles. The van der Waals surface area contributed by atoms with Gasteiger partial charge in [-0.3, -0.25) is 19.8 Å². The van der Waals surface area contributed by atoms with Crippen LogP contribution in [0.2, 0.25) is 0 Å². The highest BCUT2D eigenvalue weighted by atomic mass is 16.5. The molecule has 0 bridgehead atoms. The van der Waals surface area contributed by atoms with Crippen molar-refractivity contribution in [3.05, 3.63) is 128 Å². The quantitative estimate of drug-likeness (QED) is 0.0835. The van der Waals surface area contributed by atoms with Gasteiger partial charge in [0.25, 0.3) is 0 Å². The van der Waals surface area contributed by atoms with Crippen LogP contribution in [0.3, 0.4) is 0 Å². The summed E-state index contributed by atoms with van der Waals surface area (Å²) in [6, 6.07) is 20.3. The first kappa shape index (κ1) is 49.9. The number of likely N-dealkylation sites (N-methyl/N-ethyl adjacent to an activating group) is 2. The normalized spacial score (nSPS) is 12.4. The lowest BCUT2D eigenvalue weighted by molar-refractivity contribution is 0.0456. The monoisotopic (exact) mass is 838 g/mol. The van der Waals surface area contributed by atoms with E-state index in [1.165, 1.54) is 31.8 Å². The lowest BCUT2D eigenvalue weighted by Gasteiger charge is -2.27. The molecule has 2 aromatic carbocycles.